The smallest absolute Gasteiger partial charge is 0.168 e. The molecule has 0 aliphatic carbocycles. The molecule has 1 heterocycles. The zero-order valence-electron chi connectivity index (χ0n) is 8.71. The lowest BCUT2D eigenvalue weighted by Crippen LogP contribution is -2.24. The highest BCUT2D eigenvalue weighted by Crippen LogP contribution is 2.22. The lowest BCUT2D eigenvalue weighted by atomic mass is 10.2. The first-order chi connectivity index (χ1) is 7.36. The summed E-state index contributed by atoms with van der Waals surface area (Å²) in [7, 11) is 2.05. The Morgan fingerprint density at radius 3 is 2.87 bits per heavy atom. The number of hydrogen-bond donors (Lipinski definition) is 0. The van der Waals surface area contributed by atoms with Crippen molar-refractivity contribution in [2.45, 2.75) is 11.3 Å². The van der Waals surface area contributed by atoms with Crippen LogP contribution >= 0.6 is 11.8 Å². The molecule has 1 aromatic rings. The second kappa shape index (κ2) is 5.03. The quantitative estimate of drug-likeness (QED) is 0.775. The van der Waals surface area contributed by atoms with Gasteiger partial charge in [-0.2, -0.15) is 0 Å². The molecule has 3 heteroatoms. The second-order valence-electron chi connectivity index (χ2n) is 3.43. The molecular formula is C12H14N2S. The summed E-state index contributed by atoms with van der Waals surface area (Å²) < 4.78 is 0. The Morgan fingerprint density at radius 2 is 2.13 bits per heavy atom. The Labute approximate surface area is 94.7 Å². The van der Waals surface area contributed by atoms with Crippen molar-refractivity contribution >= 4 is 18.0 Å². The van der Waals surface area contributed by atoms with Crippen molar-refractivity contribution in [3.8, 4) is 0 Å². The van der Waals surface area contributed by atoms with Crippen LogP contribution in [-0.2, 0) is 5.75 Å². The lowest BCUT2D eigenvalue weighted by molar-refractivity contribution is 0.435. The molecule has 0 saturated carbocycles. The normalized spacial score (nSPS) is 19.5. The van der Waals surface area contributed by atoms with Gasteiger partial charge >= 0.3 is 0 Å². The maximum absolute atomic E-state index is 4.40. The summed E-state index contributed by atoms with van der Waals surface area (Å²) in [5.41, 5.74) is 1.57. The summed E-state index contributed by atoms with van der Waals surface area (Å²) in [6.07, 6.45) is 5.87. The number of allylic oxidation sites excluding steroid dienone is 1. The molecule has 0 N–H and O–H groups in total. The van der Waals surface area contributed by atoms with Gasteiger partial charge in [-0.3, -0.25) is 4.99 Å². The Balaban J connectivity index is 1.89. The Morgan fingerprint density at radius 1 is 1.33 bits per heavy atom. The summed E-state index contributed by atoms with van der Waals surface area (Å²) in [4.78, 5) is 6.52. The fraction of sp³-hybridized carbons (Fsp3) is 0.250. The van der Waals surface area contributed by atoms with Gasteiger partial charge in [0.25, 0.3) is 0 Å². The van der Waals surface area contributed by atoms with Crippen LogP contribution in [0.2, 0.25) is 0 Å². The minimum atomic E-state index is 0.218. The Kier molecular flexibility index (Phi) is 3.45. The molecule has 0 fully saturated rings. The predicted octanol–water partition coefficient (Wildman–Crippen LogP) is 2.73. The zero-order valence-corrected chi connectivity index (χ0v) is 9.52. The van der Waals surface area contributed by atoms with Crippen molar-refractivity contribution in [1.82, 2.24) is 4.90 Å². The molecule has 1 atom stereocenters. The van der Waals surface area contributed by atoms with Gasteiger partial charge in [0.2, 0.25) is 0 Å². The van der Waals surface area contributed by atoms with Crippen LogP contribution in [0.25, 0.3) is 0 Å². The average Bonchev–Trinajstić information content (AvgIpc) is 2.29. The third-order valence-electron chi connectivity index (χ3n) is 2.21. The first-order valence-corrected chi connectivity index (χ1v) is 5.98. The van der Waals surface area contributed by atoms with E-state index in [0.29, 0.717) is 0 Å². The highest BCUT2D eigenvalue weighted by molar-refractivity contribution is 7.99. The minimum absolute atomic E-state index is 0.218. The van der Waals surface area contributed by atoms with Gasteiger partial charge in [0.15, 0.2) is 5.50 Å². The van der Waals surface area contributed by atoms with Gasteiger partial charge in [-0.15, -0.1) is 11.8 Å². The van der Waals surface area contributed by atoms with Crippen LogP contribution < -0.4 is 0 Å². The highest BCUT2D eigenvalue weighted by atomic mass is 32.2. The molecule has 0 spiro atoms. The number of benzene rings is 1. The van der Waals surface area contributed by atoms with Crippen molar-refractivity contribution in [2.75, 3.05) is 7.05 Å². The highest BCUT2D eigenvalue weighted by Gasteiger charge is 2.11. The summed E-state index contributed by atoms with van der Waals surface area (Å²) in [6, 6.07) is 10.5. The van der Waals surface area contributed by atoms with Gasteiger partial charge in [0.05, 0.1) is 0 Å². The third kappa shape index (κ3) is 2.86. The summed E-state index contributed by atoms with van der Waals surface area (Å²) in [6.45, 7) is 0. The molecule has 0 saturated heterocycles. The summed E-state index contributed by atoms with van der Waals surface area (Å²) >= 11 is 1.84. The predicted molar refractivity (Wildman–Crippen MR) is 66.9 cm³/mol. The molecule has 1 aliphatic rings. The standard InChI is InChI=1S/C12H14N2S/c1-14-9-5-8-13-12(14)15-10-11-6-3-2-4-7-11/h2-9,12H,10H2,1H3. The van der Waals surface area contributed by atoms with E-state index in [1.807, 2.05) is 30.1 Å². The molecule has 0 amide bonds. The molecular weight excluding hydrogens is 204 g/mol. The minimum Gasteiger partial charge on any atom is -0.351 e. The zero-order chi connectivity index (χ0) is 10.5. The molecule has 15 heavy (non-hydrogen) atoms. The SMILES string of the molecule is CN1C=CC=NC1SCc1ccccc1. The van der Waals surface area contributed by atoms with Crippen LogP contribution in [0.15, 0.2) is 47.6 Å². The molecule has 2 rings (SSSR count). The van der Waals surface area contributed by atoms with Crippen LogP contribution in [-0.4, -0.2) is 23.7 Å². The van der Waals surface area contributed by atoms with Crippen molar-refractivity contribution in [3.63, 3.8) is 0 Å². The Hall–Kier alpha value is -1.22. The van der Waals surface area contributed by atoms with E-state index >= 15 is 0 Å². The van der Waals surface area contributed by atoms with Crippen molar-refractivity contribution < 1.29 is 0 Å². The van der Waals surface area contributed by atoms with Gasteiger partial charge in [-0.1, -0.05) is 30.3 Å². The maximum Gasteiger partial charge on any atom is 0.168 e. The van der Waals surface area contributed by atoms with Gasteiger partial charge in [-0.05, 0) is 11.6 Å². The van der Waals surface area contributed by atoms with E-state index in [4.69, 9.17) is 0 Å². The van der Waals surface area contributed by atoms with Crippen LogP contribution in [0.1, 0.15) is 5.56 Å². The van der Waals surface area contributed by atoms with Crippen molar-refractivity contribution in [1.29, 1.82) is 0 Å². The number of nitrogens with zero attached hydrogens (tertiary/aromatic N) is 2. The number of rotatable bonds is 3. The third-order valence-corrected chi connectivity index (χ3v) is 3.46. The number of aliphatic imine (C=N–C) groups is 1. The molecule has 1 unspecified atom stereocenters. The van der Waals surface area contributed by atoms with Crippen LogP contribution in [0.5, 0.6) is 0 Å². The summed E-state index contributed by atoms with van der Waals surface area (Å²) in [5, 5.41) is 0. The van der Waals surface area contributed by atoms with Crippen molar-refractivity contribution in [3.05, 3.63) is 48.2 Å². The van der Waals surface area contributed by atoms with E-state index in [9.17, 15) is 0 Å². The average molecular weight is 218 g/mol. The first kappa shape index (κ1) is 10.3. The molecule has 0 bridgehead atoms. The molecule has 0 radical (unpaired) electrons. The van der Waals surface area contributed by atoms with Crippen LogP contribution in [0, 0.1) is 0 Å². The fourth-order valence-corrected chi connectivity index (χ4v) is 2.38. The van der Waals surface area contributed by atoms with E-state index in [1.54, 1.807) is 0 Å². The molecule has 1 aromatic carbocycles. The van der Waals surface area contributed by atoms with Crippen LogP contribution in [0.4, 0.5) is 0 Å². The summed E-state index contributed by atoms with van der Waals surface area (Å²) in [5.74, 6) is 1.00. The molecule has 2 nitrogen and oxygen atoms in total. The van der Waals surface area contributed by atoms with E-state index in [2.05, 4.69) is 47.4 Å². The van der Waals surface area contributed by atoms with Crippen molar-refractivity contribution in [2.24, 2.45) is 4.99 Å². The largest absolute Gasteiger partial charge is 0.351 e. The van der Waals surface area contributed by atoms with E-state index < -0.39 is 0 Å². The fourth-order valence-electron chi connectivity index (χ4n) is 1.38. The topological polar surface area (TPSA) is 15.6 Å². The number of hydrogen-bond acceptors (Lipinski definition) is 3. The lowest BCUT2D eigenvalue weighted by Gasteiger charge is -2.24. The van der Waals surface area contributed by atoms with Gasteiger partial charge < -0.3 is 4.90 Å². The first-order valence-electron chi connectivity index (χ1n) is 4.94. The molecule has 78 valence electrons. The van der Waals surface area contributed by atoms with Crippen LogP contribution in [0.3, 0.4) is 0 Å². The molecule has 0 aromatic heterocycles. The molecule has 1 aliphatic heterocycles. The maximum atomic E-state index is 4.40. The van der Waals surface area contributed by atoms with Gasteiger partial charge in [-0.25, -0.2) is 0 Å². The van der Waals surface area contributed by atoms with E-state index in [1.165, 1.54) is 5.56 Å². The second-order valence-corrected chi connectivity index (χ2v) is 4.47. The van der Waals surface area contributed by atoms with Gasteiger partial charge in [0.1, 0.15) is 0 Å². The monoisotopic (exact) mass is 218 g/mol. The van der Waals surface area contributed by atoms with E-state index in [-0.39, 0.29) is 5.50 Å². The van der Waals surface area contributed by atoms with Gasteiger partial charge in [0, 0.05) is 25.2 Å². The Bertz CT molecular complexity index is 359. The van der Waals surface area contributed by atoms with E-state index in [0.717, 1.165) is 5.75 Å². The number of thioether (sulfide) groups is 1.